The molecule has 6 N–H and O–H groups in total. The highest BCUT2D eigenvalue weighted by atomic mass is 16.7. The zero-order valence-corrected chi connectivity index (χ0v) is 18.6. The minimum atomic E-state index is -1.81. The van der Waals surface area contributed by atoms with E-state index < -0.39 is 65.4 Å². The number of aliphatic hydroxyl groups is 4. The average molecular weight is 492 g/mol. The summed E-state index contributed by atoms with van der Waals surface area (Å²) in [6.07, 6.45) is -8.20. The van der Waals surface area contributed by atoms with E-state index in [-0.39, 0.29) is 17.1 Å². The van der Waals surface area contributed by atoms with E-state index >= 15 is 0 Å². The summed E-state index contributed by atoms with van der Waals surface area (Å²) in [6.45, 7) is -0.709. The van der Waals surface area contributed by atoms with Crippen LogP contribution in [-0.2, 0) is 4.74 Å². The first-order valence-electron chi connectivity index (χ1n) is 10.4. The molecule has 12 nitrogen and oxygen atoms in total. The van der Waals surface area contributed by atoms with Gasteiger partial charge in [-0.25, -0.2) is 0 Å². The van der Waals surface area contributed by atoms with Crippen LogP contribution in [0, 0.1) is 0 Å². The molecule has 0 bridgehead atoms. The number of rotatable bonds is 6. The van der Waals surface area contributed by atoms with Gasteiger partial charge in [-0.3, -0.25) is 4.79 Å². The van der Waals surface area contributed by atoms with E-state index in [0.29, 0.717) is 11.3 Å². The molecule has 35 heavy (non-hydrogen) atoms. The molecule has 1 saturated heterocycles. The molecular weight excluding hydrogens is 468 g/mol. The van der Waals surface area contributed by atoms with Crippen LogP contribution in [0.25, 0.3) is 22.3 Å². The largest absolute Gasteiger partial charge is 0.504 e. The summed E-state index contributed by atoms with van der Waals surface area (Å²) in [6, 6.07) is 7.35. The summed E-state index contributed by atoms with van der Waals surface area (Å²) in [7, 11) is 2.65. The lowest BCUT2D eigenvalue weighted by Gasteiger charge is -2.39. The summed E-state index contributed by atoms with van der Waals surface area (Å²) in [4.78, 5) is 13.5. The van der Waals surface area contributed by atoms with Gasteiger partial charge in [-0.15, -0.1) is 0 Å². The standard InChI is InChI=1S/C23H24O12/c1-31-10-5-3-9(4-6-10)20-22(35-23-19(30)18(29)15(26)13(8-24)34-23)17(28)14-12(33-20)7-11(25)21(32-2)16(14)27/h3-7,13,15,18-19,23-27,29-30H,8H2,1-2H3/t13-,15-,18?,19?,23-/m1/s1. The van der Waals surface area contributed by atoms with Crippen molar-refractivity contribution in [1.82, 2.24) is 0 Å². The molecule has 1 fully saturated rings. The van der Waals surface area contributed by atoms with Crippen LogP contribution < -0.4 is 19.6 Å². The van der Waals surface area contributed by atoms with Gasteiger partial charge in [-0.05, 0) is 24.3 Å². The normalized spacial score (nSPS) is 24.3. The van der Waals surface area contributed by atoms with Gasteiger partial charge in [0.25, 0.3) is 0 Å². The first-order chi connectivity index (χ1) is 16.7. The van der Waals surface area contributed by atoms with Crippen molar-refractivity contribution < 1.29 is 54.0 Å². The van der Waals surface area contributed by atoms with Gasteiger partial charge in [0.15, 0.2) is 17.3 Å². The first kappa shape index (κ1) is 24.6. The maximum Gasteiger partial charge on any atom is 0.239 e. The molecule has 188 valence electrons. The Hall–Kier alpha value is -3.55. The van der Waals surface area contributed by atoms with Crippen LogP contribution in [0.4, 0.5) is 0 Å². The quantitative estimate of drug-likeness (QED) is 0.272. The predicted molar refractivity (Wildman–Crippen MR) is 119 cm³/mol. The third-order valence-electron chi connectivity index (χ3n) is 5.69. The van der Waals surface area contributed by atoms with Gasteiger partial charge < -0.3 is 54.0 Å². The molecule has 0 saturated carbocycles. The Balaban J connectivity index is 1.92. The van der Waals surface area contributed by atoms with Crippen LogP contribution in [-0.4, -0.2) is 82.2 Å². The lowest BCUT2D eigenvalue weighted by Crippen LogP contribution is -2.60. The van der Waals surface area contributed by atoms with Gasteiger partial charge >= 0.3 is 0 Å². The van der Waals surface area contributed by atoms with Crippen LogP contribution in [0.3, 0.4) is 0 Å². The number of methoxy groups -OCH3 is 2. The molecule has 3 aromatic rings. The topological polar surface area (TPSA) is 189 Å². The molecule has 5 atom stereocenters. The Morgan fingerprint density at radius 1 is 0.943 bits per heavy atom. The lowest BCUT2D eigenvalue weighted by atomic mass is 9.99. The van der Waals surface area contributed by atoms with Crippen molar-refractivity contribution >= 4 is 11.0 Å². The van der Waals surface area contributed by atoms with Gasteiger partial charge in [-0.1, -0.05) is 0 Å². The minimum Gasteiger partial charge on any atom is -0.504 e. The van der Waals surface area contributed by atoms with Crippen molar-refractivity contribution in [3.05, 3.63) is 40.6 Å². The van der Waals surface area contributed by atoms with E-state index in [1.807, 2.05) is 0 Å². The van der Waals surface area contributed by atoms with E-state index in [1.165, 1.54) is 14.2 Å². The molecule has 1 aromatic heterocycles. The molecule has 0 spiro atoms. The highest BCUT2D eigenvalue weighted by molar-refractivity contribution is 5.91. The predicted octanol–water partition coefficient (Wildman–Crippen LogP) is 0.0671. The van der Waals surface area contributed by atoms with Crippen LogP contribution in [0.15, 0.2) is 39.5 Å². The second-order valence-corrected chi connectivity index (χ2v) is 7.78. The van der Waals surface area contributed by atoms with Crippen molar-refractivity contribution in [3.63, 3.8) is 0 Å². The maximum absolute atomic E-state index is 13.5. The fourth-order valence-electron chi connectivity index (χ4n) is 3.81. The molecule has 1 aliphatic heterocycles. The van der Waals surface area contributed by atoms with Crippen molar-refractivity contribution in [2.45, 2.75) is 30.7 Å². The van der Waals surface area contributed by atoms with E-state index in [4.69, 9.17) is 23.4 Å². The molecule has 2 heterocycles. The third kappa shape index (κ3) is 4.22. The fraction of sp³-hybridized carbons (Fsp3) is 0.348. The second-order valence-electron chi connectivity index (χ2n) is 7.78. The Kier molecular flexibility index (Phi) is 6.74. The highest BCUT2D eigenvalue weighted by Crippen LogP contribution is 2.43. The average Bonchev–Trinajstić information content (AvgIpc) is 2.85. The fourth-order valence-corrected chi connectivity index (χ4v) is 3.81. The van der Waals surface area contributed by atoms with E-state index in [1.54, 1.807) is 24.3 Å². The smallest absolute Gasteiger partial charge is 0.239 e. The van der Waals surface area contributed by atoms with Crippen LogP contribution in [0.1, 0.15) is 0 Å². The summed E-state index contributed by atoms with van der Waals surface area (Å²) < 4.78 is 26.9. The number of aliphatic hydroxyl groups excluding tert-OH is 4. The van der Waals surface area contributed by atoms with Crippen molar-refractivity contribution in [3.8, 4) is 40.1 Å². The Morgan fingerprint density at radius 2 is 1.63 bits per heavy atom. The summed E-state index contributed by atoms with van der Waals surface area (Å²) in [5.41, 5.74) is -0.790. The number of benzene rings is 2. The Labute approximate surface area is 197 Å². The summed E-state index contributed by atoms with van der Waals surface area (Å²) >= 11 is 0. The van der Waals surface area contributed by atoms with Gasteiger partial charge in [-0.2, -0.15) is 0 Å². The number of fused-ring (bicyclic) bond motifs is 1. The number of hydrogen-bond acceptors (Lipinski definition) is 12. The van der Waals surface area contributed by atoms with Gasteiger partial charge in [0.2, 0.25) is 23.2 Å². The summed E-state index contributed by atoms with van der Waals surface area (Å²) in [5, 5.41) is 60.3. The van der Waals surface area contributed by atoms with Crippen LogP contribution in [0.5, 0.6) is 28.7 Å². The molecule has 0 radical (unpaired) electrons. The molecular formula is C23H24O12. The lowest BCUT2D eigenvalue weighted by molar-refractivity contribution is -0.277. The molecule has 0 aliphatic carbocycles. The molecule has 0 amide bonds. The Morgan fingerprint density at radius 3 is 2.23 bits per heavy atom. The molecule has 1 aliphatic rings. The molecule has 12 heteroatoms. The van der Waals surface area contributed by atoms with Crippen molar-refractivity contribution in [2.75, 3.05) is 20.8 Å². The third-order valence-corrected chi connectivity index (χ3v) is 5.69. The molecule has 4 rings (SSSR count). The second kappa shape index (κ2) is 9.60. The minimum absolute atomic E-state index is 0.161. The van der Waals surface area contributed by atoms with E-state index in [0.717, 1.165) is 6.07 Å². The number of ether oxygens (including phenoxy) is 4. The van der Waals surface area contributed by atoms with Crippen LogP contribution in [0.2, 0.25) is 0 Å². The number of phenols is 2. The van der Waals surface area contributed by atoms with E-state index in [2.05, 4.69) is 0 Å². The number of aromatic hydroxyl groups is 2. The van der Waals surface area contributed by atoms with Crippen LogP contribution >= 0.6 is 0 Å². The maximum atomic E-state index is 13.5. The monoisotopic (exact) mass is 492 g/mol. The molecule has 2 unspecified atom stereocenters. The first-order valence-corrected chi connectivity index (χ1v) is 10.4. The Bertz CT molecular complexity index is 1270. The van der Waals surface area contributed by atoms with Gasteiger partial charge in [0.05, 0.1) is 20.8 Å². The van der Waals surface area contributed by atoms with Gasteiger partial charge in [0, 0.05) is 11.6 Å². The van der Waals surface area contributed by atoms with Crippen molar-refractivity contribution in [2.24, 2.45) is 0 Å². The summed E-state index contributed by atoms with van der Waals surface area (Å²) in [5.74, 6) is -1.74. The van der Waals surface area contributed by atoms with E-state index in [9.17, 15) is 35.4 Å². The molecule has 2 aromatic carbocycles. The zero-order chi connectivity index (χ0) is 25.4. The number of hydrogen-bond donors (Lipinski definition) is 6. The van der Waals surface area contributed by atoms with Gasteiger partial charge in [0.1, 0.15) is 41.1 Å². The number of phenolic OH excluding ortho intramolecular Hbond substituents is 2. The SMILES string of the molecule is COc1ccc(-c2oc3cc(O)c(OC)c(O)c3c(=O)c2O[C@H]2O[C@H](CO)[C@@H](O)C(O)C2O)cc1. The van der Waals surface area contributed by atoms with Crippen molar-refractivity contribution in [1.29, 1.82) is 0 Å². The highest BCUT2D eigenvalue weighted by Gasteiger charge is 2.45. The zero-order valence-electron chi connectivity index (χ0n) is 18.6.